The van der Waals surface area contributed by atoms with Crippen molar-refractivity contribution in [1.29, 1.82) is 0 Å². The highest BCUT2D eigenvalue weighted by molar-refractivity contribution is 5.72. The molecule has 2 aromatic heterocycles. The van der Waals surface area contributed by atoms with E-state index in [2.05, 4.69) is 20.6 Å². The van der Waals surface area contributed by atoms with Crippen molar-refractivity contribution in [1.82, 2.24) is 30.0 Å². The van der Waals surface area contributed by atoms with Gasteiger partial charge in [-0.2, -0.15) is 0 Å². The first-order chi connectivity index (χ1) is 25.0. The molecule has 0 fully saturated rings. The molecule has 9 rings (SSSR count). The summed E-state index contributed by atoms with van der Waals surface area (Å²) in [6.45, 7) is 8.80. The summed E-state index contributed by atoms with van der Waals surface area (Å²) < 4.78 is 43.6. The van der Waals surface area contributed by atoms with Gasteiger partial charge in [0.2, 0.25) is 0 Å². The van der Waals surface area contributed by atoms with Crippen LogP contribution in [0.1, 0.15) is 13.8 Å². The highest BCUT2D eigenvalue weighted by Gasteiger charge is 2.09. The maximum atomic E-state index is 9.44. The lowest BCUT2D eigenvalue weighted by Crippen LogP contribution is -2.14. The van der Waals surface area contributed by atoms with Gasteiger partial charge in [0, 0.05) is 11.1 Å². The largest absolute Gasteiger partial charge is 0.492 e. The van der Waals surface area contributed by atoms with Crippen LogP contribution in [0.25, 0.3) is 22.5 Å². The average Bonchev–Trinajstić information content (AvgIpc) is 3.82. The van der Waals surface area contributed by atoms with Crippen LogP contribution in [0, 0.1) is 0 Å². The summed E-state index contributed by atoms with van der Waals surface area (Å²) >= 11 is 0. The zero-order valence-corrected chi connectivity index (χ0v) is 29.0. The number of Topliss-reactive ketones (excluding diaryl/α,β-unsaturated/α-hetero) is 1. The van der Waals surface area contributed by atoms with Gasteiger partial charge in [0.1, 0.15) is 66.6 Å². The van der Waals surface area contributed by atoms with Crippen molar-refractivity contribution in [2.45, 2.75) is 26.9 Å². The van der Waals surface area contributed by atoms with Crippen molar-refractivity contribution in [2.24, 2.45) is 0 Å². The number of hydrogen-bond donors (Lipinski definition) is 0. The molecule has 6 heterocycles. The number of carbonyl (C=O) groups excluding carboxylic acids is 1. The third-order valence-electron chi connectivity index (χ3n) is 7.09. The number of carbonyl (C=O) groups is 1. The molecule has 14 nitrogen and oxygen atoms in total. The summed E-state index contributed by atoms with van der Waals surface area (Å²) in [7, 11) is 0. The van der Waals surface area contributed by atoms with Crippen molar-refractivity contribution in [3.63, 3.8) is 0 Å². The third kappa shape index (κ3) is 13.2. The fraction of sp³-hybridized carbons (Fsp3) is 0.378. The SMILES string of the molecule is CC(C)=O.c1cc2cc(c1)-c1cn(nn1)CCOc1ccc(cc1)OCCOCCOCCOCCOc1ccc(cc1)OCCn1cc-2nn1. The molecule has 0 unspecified atom stereocenters. The Morgan fingerprint density at radius 3 is 1.22 bits per heavy atom. The van der Waals surface area contributed by atoms with Gasteiger partial charge in [0.25, 0.3) is 0 Å². The van der Waals surface area contributed by atoms with E-state index in [0.717, 1.165) is 45.5 Å². The number of aromatic nitrogens is 6. The first kappa shape index (κ1) is 37.0. The molecule has 14 heteroatoms. The van der Waals surface area contributed by atoms with Crippen LogP contribution in [0.4, 0.5) is 0 Å². The Morgan fingerprint density at radius 2 is 0.843 bits per heavy atom. The summed E-state index contributed by atoms with van der Waals surface area (Å²) in [6.07, 6.45) is 3.81. The van der Waals surface area contributed by atoms with Gasteiger partial charge in [-0.1, -0.05) is 28.6 Å². The minimum Gasteiger partial charge on any atom is -0.492 e. The van der Waals surface area contributed by atoms with E-state index in [1.54, 1.807) is 9.36 Å². The maximum absolute atomic E-state index is 9.44. The molecular weight excluding hydrogens is 656 g/mol. The van der Waals surface area contributed by atoms with Crippen LogP contribution in [0.3, 0.4) is 0 Å². The van der Waals surface area contributed by atoms with Gasteiger partial charge >= 0.3 is 0 Å². The molecule has 51 heavy (non-hydrogen) atoms. The Hall–Kier alpha value is -5.31. The fourth-order valence-corrected chi connectivity index (χ4v) is 4.67. The lowest BCUT2D eigenvalue weighted by molar-refractivity contribution is -0.115. The highest BCUT2D eigenvalue weighted by atomic mass is 16.6. The van der Waals surface area contributed by atoms with Crippen molar-refractivity contribution in [3.8, 4) is 45.5 Å². The van der Waals surface area contributed by atoms with E-state index in [1.165, 1.54) is 13.8 Å². The van der Waals surface area contributed by atoms with Crippen molar-refractivity contribution in [3.05, 3.63) is 85.2 Å². The molecule has 5 aromatic rings. The summed E-state index contributed by atoms with van der Waals surface area (Å²) in [4.78, 5) is 9.44. The van der Waals surface area contributed by atoms with Gasteiger partial charge in [0.15, 0.2) is 0 Å². The van der Waals surface area contributed by atoms with Crippen LogP contribution < -0.4 is 18.9 Å². The Balaban J connectivity index is 0.00000120. The lowest BCUT2D eigenvalue weighted by Gasteiger charge is -2.10. The molecule has 0 radical (unpaired) electrons. The second kappa shape index (κ2) is 20.4. The Kier molecular flexibility index (Phi) is 14.8. The quantitative estimate of drug-likeness (QED) is 0.219. The zero-order valence-electron chi connectivity index (χ0n) is 29.0. The molecule has 270 valence electrons. The molecule has 3 aromatic carbocycles. The van der Waals surface area contributed by atoms with Crippen molar-refractivity contribution < 1.29 is 38.0 Å². The van der Waals surface area contributed by atoms with E-state index in [1.807, 2.05) is 85.2 Å². The van der Waals surface area contributed by atoms with Crippen LogP contribution in [0.15, 0.2) is 85.2 Å². The van der Waals surface area contributed by atoms with Crippen LogP contribution >= 0.6 is 0 Å². The lowest BCUT2D eigenvalue weighted by atomic mass is 10.1. The number of ketones is 1. The number of nitrogens with zero attached hydrogens (tertiary/aromatic N) is 6. The zero-order chi connectivity index (χ0) is 35.5. The minimum absolute atomic E-state index is 0.167. The second-order valence-corrected chi connectivity index (χ2v) is 11.4. The normalized spacial score (nSPS) is 15.2. The molecule has 0 atom stereocenters. The Labute approximate surface area is 297 Å². The standard InChI is InChI=1S/C34H38N6O7.C3H6O/c1-2-27-24-28(3-1)34-26-40(38-36-34)13-15-45-30-6-10-32(11-7-30)47-23-21-43-19-17-41-16-18-42-20-22-46-31-8-4-29(5-9-31)44-14-12-39-25-33(27)35-37-39;1-3(2)4/h1-11,24-26H,12-23H2;1-2H3. The van der Waals surface area contributed by atoms with Crippen LogP contribution in [-0.4, -0.2) is 102 Å². The predicted molar refractivity (Wildman–Crippen MR) is 188 cm³/mol. The highest BCUT2D eigenvalue weighted by Crippen LogP contribution is 2.24. The first-order valence-corrected chi connectivity index (χ1v) is 16.8. The molecule has 4 aliphatic heterocycles. The monoisotopic (exact) mass is 700 g/mol. The van der Waals surface area contributed by atoms with Gasteiger partial charge in [-0.15, -0.1) is 10.2 Å². The van der Waals surface area contributed by atoms with E-state index >= 15 is 0 Å². The molecule has 0 saturated heterocycles. The van der Waals surface area contributed by atoms with Gasteiger partial charge in [-0.25, -0.2) is 9.36 Å². The number of benzene rings is 3. The topological polar surface area (TPSA) is 143 Å². The molecule has 0 amide bonds. The summed E-state index contributed by atoms with van der Waals surface area (Å²) in [5, 5.41) is 17.3. The van der Waals surface area contributed by atoms with Crippen LogP contribution in [0.5, 0.6) is 23.0 Å². The fourth-order valence-electron chi connectivity index (χ4n) is 4.67. The number of ether oxygens (including phenoxy) is 7. The molecular formula is C37H44N6O8. The number of hydrogen-bond acceptors (Lipinski definition) is 12. The predicted octanol–water partition coefficient (Wildman–Crippen LogP) is 4.78. The number of rotatable bonds is 0. The summed E-state index contributed by atoms with van der Waals surface area (Å²) in [5.41, 5.74) is 3.40. The van der Waals surface area contributed by atoms with Gasteiger partial charge < -0.3 is 38.0 Å². The van der Waals surface area contributed by atoms with Gasteiger partial charge in [0.05, 0.1) is 65.1 Å². The van der Waals surface area contributed by atoms with Gasteiger partial charge in [-0.3, -0.25) is 0 Å². The van der Waals surface area contributed by atoms with E-state index in [0.29, 0.717) is 79.2 Å². The molecule has 4 aliphatic rings. The van der Waals surface area contributed by atoms with Crippen LogP contribution in [0.2, 0.25) is 0 Å². The molecule has 0 N–H and O–H groups in total. The van der Waals surface area contributed by atoms with Crippen LogP contribution in [-0.2, 0) is 32.1 Å². The minimum atomic E-state index is 0.167. The van der Waals surface area contributed by atoms with Gasteiger partial charge in [-0.05, 0) is 68.4 Å². The molecule has 10 bridgehead atoms. The Bertz CT molecular complexity index is 1620. The van der Waals surface area contributed by atoms with Crippen molar-refractivity contribution >= 4 is 5.78 Å². The third-order valence-corrected chi connectivity index (χ3v) is 7.09. The molecule has 0 spiro atoms. The Morgan fingerprint density at radius 1 is 0.510 bits per heavy atom. The van der Waals surface area contributed by atoms with E-state index in [-0.39, 0.29) is 5.78 Å². The maximum Gasteiger partial charge on any atom is 0.126 e. The summed E-state index contributed by atoms with van der Waals surface area (Å²) in [6, 6.07) is 23.0. The smallest absolute Gasteiger partial charge is 0.126 e. The molecule has 0 aliphatic carbocycles. The van der Waals surface area contributed by atoms with Crippen molar-refractivity contribution in [2.75, 3.05) is 66.1 Å². The average molecular weight is 701 g/mol. The second-order valence-electron chi connectivity index (χ2n) is 11.4. The summed E-state index contributed by atoms with van der Waals surface area (Å²) in [5.74, 6) is 3.16. The van der Waals surface area contributed by atoms with E-state index in [9.17, 15) is 4.79 Å². The van der Waals surface area contributed by atoms with E-state index in [4.69, 9.17) is 33.2 Å². The molecule has 0 saturated carbocycles. The first-order valence-electron chi connectivity index (χ1n) is 16.8. The van der Waals surface area contributed by atoms with E-state index < -0.39 is 0 Å².